The van der Waals surface area contributed by atoms with Gasteiger partial charge in [-0.15, -0.1) is 0 Å². The molecule has 0 radical (unpaired) electrons. The summed E-state index contributed by atoms with van der Waals surface area (Å²) in [6, 6.07) is 13.6. The zero-order valence-electron chi connectivity index (χ0n) is 20.2. The normalized spacial score (nSPS) is 13.8. The molecule has 0 saturated heterocycles. The smallest absolute Gasteiger partial charge is 0.305 e. The van der Waals surface area contributed by atoms with Gasteiger partial charge in [-0.1, -0.05) is 55.8 Å². The maximum Gasteiger partial charge on any atom is 0.305 e. The van der Waals surface area contributed by atoms with Crippen molar-refractivity contribution in [1.29, 1.82) is 0 Å². The second-order valence-corrected chi connectivity index (χ2v) is 9.07. The van der Waals surface area contributed by atoms with Crippen LogP contribution in [0, 0.1) is 18.7 Å². The molecular formula is C26H30FN3O5. The van der Waals surface area contributed by atoms with Gasteiger partial charge in [0.15, 0.2) is 5.69 Å². The molecule has 186 valence electrons. The number of aliphatic hydroxyl groups is 1. The van der Waals surface area contributed by atoms with Gasteiger partial charge in [0.2, 0.25) is 5.88 Å². The van der Waals surface area contributed by atoms with Gasteiger partial charge in [-0.05, 0) is 37.5 Å². The van der Waals surface area contributed by atoms with Crippen LogP contribution in [-0.2, 0) is 4.79 Å². The summed E-state index contributed by atoms with van der Waals surface area (Å²) in [5.41, 5.74) is 0.424. The Kier molecular flexibility index (Phi) is 7.91. The van der Waals surface area contributed by atoms with Crippen LogP contribution in [0.15, 0.2) is 54.6 Å². The lowest BCUT2D eigenvalue weighted by molar-refractivity contribution is -0.137. The molecule has 0 fully saturated rings. The summed E-state index contributed by atoms with van der Waals surface area (Å²) in [7, 11) is 0. The minimum Gasteiger partial charge on any atom is -0.481 e. The van der Waals surface area contributed by atoms with Crippen molar-refractivity contribution < 1.29 is 28.9 Å². The number of halogens is 1. The Morgan fingerprint density at radius 2 is 1.83 bits per heavy atom. The highest BCUT2D eigenvalue weighted by molar-refractivity contribution is 5.93. The first-order chi connectivity index (χ1) is 16.5. The highest BCUT2D eigenvalue weighted by Crippen LogP contribution is 2.25. The molecule has 2 atom stereocenters. The van der Waals surface area contributed by atoms with E-state index in [1.165, 1.54) is 24.3 Å². The second-order valence-electron chi connectivity index (χ2n) is 9.07. The fraction of sp³-hybridized carbons (Fsp3) is 0.346. The molecule has 0 spiro atoms. The van der Waals surface area contributed by atoms with Gasteiger partial charge < -0.3 is 20.3 Å². The maximum atomic E-state index is 14.5. The molecule has 3 N–H and O–H groups in total. The van der Waals surface area contributed by atoms with E-state index in [9.17, 15) is 24.2 Å². The van der Waals surface area contributed by atoms with Crippen LogP contribution in [-0.4, -0.2) is 44.1 Å². The number of amides is 1. The lowest BCUT2D eigenvalue weighted by atomic mass is 9.94. The van der Waals surface area contributed by atoms with E-state index in [-0.39, 0.29) is 36.2 Å². The Balaban J connectivity index is 1.94. The summed E-state index contributed by atoms with van der Waals surface area (Å²) in [5, 5.41) is 26.9. The number of aromatic nitrogens is 2. The number of nitrogens with one attached hydrogen (secondary N) is 1. The van der Waals surface area contributed by atoms with Crippen LogP contribution in [0.25, 0.3) is 5.69 Å². The minimum atomic E-state index is -1.18. The second kappa shape index (κ2) is 10.7. The molecule has 0 aliphatic heterocycles. The fourth-order valence-corrected chi connectivity index (χ4v) is 3.22. The number of carboxylic acids is 1. The highest BCUT2D eigenvalue weighted by Gasteiger charge is 2.28. The van der Waals surface area contributed by atoms with Crippen molar-refractivity contribution in [2.75, 3.05) is 6.61 Å². The summed E-state index contributed by atoms with van der Waals surface area (Å²) in [6.45, 7) is 7.08. The summed E-state index contributed by atoms with van der Waals surface area (Å²) in [4.78, 5) is 24.5. The third-order valence-electron chi connectivity index (χ3n) is 5.91. The van der Waals surface area contributed by atoms with Crippen molar-refractivity contribution in [2.45, 2.75) is 45.8 Å². The van der Waals surface area contributed by atoms with Gasteiger partial charge >= 0.3 is 5.97 Å². The first-order valence-corrected chi connectivity index (χ1v) is 11.3. The van der Waals surface area contributed by atoms with E-state index in [1.54, 1.807) is 25.1 Å². The Morgan fingerprint density at radius 3 is 2.43 bits per heavy atom. The topological polar surface area (TPSA) is 114 Å². The Labute approximate surface area is 203 Å². The molecule has 2 aromatic carbocycles. The third kappa shape index (κ3) is 6.45. The number of carbonyl (C=O) groups is 2. The number of carbonyl (C=O) groups excluding carboxylic acids is 1. The molecule has 0 aliphatic rings. The Bertz CT molecular complexity index is 1190. The molecule has 0 bridgehead atoms. The predicted octanol–water partition coefficient (Wildman–Crippen LogP) is 4.05. The van der Waals surface area contributed by atoms with Gasteiger partial charge in [0.25, 0.3) is 5.91 Å². The molecule has 8 nitrogen and oxygen atoms in total. The zero-order chi connectivity index (χ0) is 25.8. The van der Waals surface area contributed by atoms with Crippen molar-refractivity contribution in [1.82, 2.24) is 15.1 Å². The molecule has 1 aromatic heterocycles. The molecular weight excluding hydrogens is 453 g/mol. The van der Waals surface area contributed by atoms with Gasteiger partial charge in [-0.2, -0.15) is 9.78 Å². The number of para-hydroxylation sites is 1. The first kappa shape index (κ1) is 25.9. The van der Waals surface area contributed by atoms with Crippen LogP contribution in [0.3, 0.4) is 0 Å². The van der Waals surface area contributed by atoms with E-state index in [0.29, 0.717) is 5.56 Å². The Hall–Kier alpha value is -3.72. The quantitative estimate of drug-likeness (QED) is 0.401. The van der Waals surface area contributed by atoms with Gasteiger partial charge in [-0.25, -0.2) is 4.39 Å². The van der Waals surface area contributed by atoms with Crippen LogP contribution in [0.4, 0.5) is 4.39 Å². The lowest BCUT2D eigenvalue weighted by Crippen LogP contribution is -2.38. The minimum absolute atomic E-state index is 0.0614. The van der Waals surface area contributed by atoms with E-state index in [4.69, 9.17) is 4.74 Å². The van der Waals surface area contributed by atoms with E-state index in [1.807, 2.05) is 32.9 Å². The fourth-order valence-electron chi connectivity index (χ4n) is 3.22. The van der Waals surface area contributed by atoms with Crippen molar-refractivity contribution in [3.8, 4) is 11.6 Å². The van der Waals surface area contributed by atoms with E-state index < -0.39 is 29.3 Å². The number of hydrogen-bond donors (Lipinski definition) is 3. The van der Waals surface area contributed by atoms with Gasteiger partial charge in [0.1, 0.15) is 18.1 Å². The number of nitrogens with zero attached hydrogens (tertiary/aromatic N) is 2. The number of carboxylic acid groups (broad SMARTS) is 1. The monoisotopic (exact) mass is 483 g/mol. The number of benzene rings is 2. The standard InChI is InChI=1S/C26H30FN3O5/c1-16(2)26(4,34)15-35-23-13-21(29-30(23)22-8-6-5-7-19(22)27)25(33)28-20(14-24(31)32)18-11-9-17(3)10-12-18/h5-13,16,20,34H,14-15H2,1-4H3,(H,28,33)(H,31,32). The lowest BCUT2D eigenvalue weighted by Gasteiger charge is -2.27. The van der Waals surface area contributed by atoms with Crippen molar-refractivity contribution in [2.24, 2.45) is 5.92 Å². The highest BCUT2D eigenvalue weighted by atomic mass is 19.1. The largest absolute Gasteiger partial charge is 0.481 e. The SMILES string of the molecule is Cc1ccc(C(CC(=O)O)NC(=O)c2cc(OCC(C)(O)C(C)C)n(-c3ccccc3F)n2)cc1. The maximum absolute atomic E-state index is 14.5. The summed E-state index contributed by atoms with van der Waals surface area (Å²) >= 11 is 0. The predicted molar refractivity (Wildman–Crippen MR) is 128 cm³/mol. The number of aryl methyl sites for hydroxylation is 1. The van der Waals surface area contributed by atoms with Gasteiger partial charge in [0, 0.05) is 6.07 Å². The summed E-state index contributed by atoms with van der Waals surface area (Å²) in [5.74, 6) is -2.36. The average molecular weight is 484 g/mol. The van der Waals surface area contributed by atoms with Crippen molar-refractivity contribution >= 4 is 11.9 Å². The molecule has 3 aromatic rings. The van der Waals surface area contributed by atoms with Crippen LogP contribution >= 0.6 is 0 Å². The molecule has 9 heteroatoms. The Morgan fingerprint density at radius 1 is 1.17 bits per heavy atom. The van der Waals surface area contributed by atoms with Crippen LogP contribution < -0.4 is 10.1 Å². The van der Waals surface area contributed by atoms with Gasteiger partial charge in [0.05, 0.1) is 18.1 Å². The molecule has 0 saturated carbocycles. The van der Waals surface area contributed by atoms with Crippen LogP contribution in [0.2, 0.25) is 0 Å². The summed E-state index contributed by atoms with van der Waals surface area (Å²) in [6.07, 6.45) is -0.330. The van der Waals surface area contributed by atoms with E-state index in [0.717, 1.165) is 10.2 Å². The number of aliphatic carboxylic acids is 1. The molecule has 0 aliphatic carbocycles. The van der Waals surface area contributed by atoms with E-state index >= 15 is 0 Å². The van der Waals surface area contributed by atoms with Gasteiger partial charge in [-0.3, -0.25) is 9.59 Å². The van der Waals surface area contributed by atoms with Crippen molar-refractivity contribution in [3.05, 3.63) is 77.2 Å². The molecule has 1 amide bonds. The van der Waals surface area contributed by atoms with E-state index in [2.05, 4.69) is 10.4 Å². The number of ether oxygens (including phenoxy) is 1. The summed E-state index contributed by atoms with van der Waals surface area (Å²) < 4.78 is 21.5. The number of hydrogen-bond acceptors (Lipinski definition) is 5. The number of rotatable bonds is 10. The zero-order valence-corrected chi connectivity index (χ0v) is 20.2. The molecule has 3 rings (SSSR count). The molecule has 1 heterocycles. The van der Waals surface area contributed by atoms with Crippen LogP contribution in [0.5, 0.6) is 5.88 Å². The van der Waals surface area contributed by atoms with Crippen LogP contribution in [0.1, 0.15) is 54.8 Å². The van der Waals surface area contributed by atoms with Crippen molar-refractivity contribution in [3.63, 3.8) is 0 Å². The molecule has 2 unspecified atom stereocenters. The first-order valence-electron chi connectivity index (χ1n) is 11.3. The average Bonchev–Trinajstić information content (AvgIpc) is 3.22. The molecule has 35 heavy (non-hydrogen) atoms. The third-order valence-corrected chi connectivity index (χ3v) is 5.91.